The Bertz CT molecular complexity index is 675. The fraction of sp³-hybridized carbons (Fsp3) is 0.412. The van der Waals surface area contributed by atoms with Gasteiger partial charge in [0.15, 0.2) is 5.76 Å². The third-order valence-electron chi connectivity index (χ3n) is 3.82. The van der Waals surface area contributed by atoms with Crippen LogP contribution in [0.5, 0.6) is 0 Å². The predicted molar refractivity (Wildman–Crippen MR) is 89.2 cm³/mol. The predicted octanol–water partition coefficient (Wildman–Crippen LogP) is 3.70. The Morgan fingerprint density at radius 1 is 1.39 bits per heavy atom. The summed E-state index contributed by atoms with van der Waals surface area (Å²) in [6.07, 6.45) is 1.20. The third kappa shape index (κ3) is 3.82. The molecule has 2 aromatic rings. The summed E-state index contributed by atoms with van der Waals surface area (Å²) >= 11 is 1.63. The molecule has 6 heteroatoms. The van der Waals surface area contributed by atoms with Crippen molar-refractivity contribution in [1.82, 2.24) is 4.90 Å². The van der Waals surface area contributed by atoms with Gasteiger partial charge in [-0.1, -0.05) is 6.92 Å². The first kappa shape index (κ1) is 17.3. The van der Waals surface area contributed by atoms with Crippen LogP contribution < -0.4 is 0 Å². The summed E-state index contributed by atoms with van der Waals surface area (Å²) in [7, 11) is 0. The largest absolute Gasteiger partial charge is 0.478 e. The minimum atomic E-state index is -1.07. The standard InChI is InChI=1S/C17H21NO4S/c1-4-14-13(17(20)21)9-15(22-14)16(19)18(5-2)11(3)8-12-6-7-23-10-12/h6-7,9-11H,4-5,8H2,1-3H3,(H,20,21). The molecule has 0 saturated heterocycles. The van der Waals surface area contributed by atoms with Crippen LogP contribution in [0.4, 0.5) is 0 Å². The Kier molecular flexibility index (Phi) is 5.60. The molecule has 0 aliphatic rings. The molecule has 124 valence electrons. The zero-order valence-electron chi connectivity index (χ0n) is 13.5. The van der Waals surface area contributed by atoms with E-state index >= 15 is 0 Å². The molecule has 0 spiro atoms. The number of rotatable bonds is 7. The van der Waals surface area contributed by atoms with Crippen LogP contribution in [0.15, 0.2) is 27.3 Å². The Balaban J connectivity index is 2.20. The van der Waals surface area contributed by atoms with Crippen LogP contribution in [0.2, 0.25) is 0 Å². The van der Waals surface area contributed by atoms with Gasteiger partial charge in [0.25, 0.3) is 5.91 Å². The van der Waals surface area contributed by atoms with Gasteiger partial charge >= 0.3 is 5.97 Å². The number of likely N-dealkylation sites (N-methyl/N-ethyl adjacent to an activating group) is 1. The number of aryl methyl sites for hydroxylation is 1. The van der Waals surface area contributed by atoms with Crippen molar-refractivity contribution in [1.29, 1.82) is 0 Å². The average molecular weight is 335 g/mol. The highest BCUT2D eigenvalue weighted by atomic mass is 32.1. The van der Waals surface area contributed by atoms with Crippen molar-refractivity contribution in [2.45, 2.75) is 39.7 Å². The van der Waals surface area contributed by atoms with E-state index in [0.29, 0.717) is 18.7 Å². The van der Waals surface area contributed by atoms with E-state index in [1.807, 2.05) is 25.3 Å². The number of thiophene rings is 1. The zero-order valence-corrected chi connectivity index (χ0v) is 14.4. The molecule has 1 atom stereocenters. The summed E-state index contributed by atoms with van der Waals surface area (Å²) in [5, 5.41) is 13.3. The van der Waals surface area contributed by atoms with Gasteiger partial charge < -0.3 is 14.4 Å². The van der Waals surface area contributed by atoms with Gasteiger partial charge in [-0.05, 0) is 42.7 Å². The molecule has 2 rings (SSSR count). The SMILES string of the molecule is CCc1oc(C(=O)N(CC)C(C)Cc2ccsc2)cc1C(=O)O. The second kappa shape index (κ2) is 7.46. The molecular weight excluding hydrogens is 314 g/mol. The van der Waals surface area contributed by atoms with Gasteiger partial charge in [0, 0.05) is 25.1 Å². The molecule has 0 radical (unpaired) electrons. The smallest absolute Gasteiger partial charge is 0.339 e. The summed E-state index contributed by atoms with van der Waals surface area (Å²) < 4.78 is 5.49. The number of nitrogens with zero attached hydrogens (tertiary/aromatic N) is 1. The van der Waals surface area contributed by atoms with Crippen LogP contribution in [-0.4, -0.2) is 34.5 Å². The fourth-order valence-electron chi connectivity index (χ4n) is 2.63. The minimum Gasteiger partial charge on any atom is -0.478 e. The molecule has 2 heterocycles. The number of amides is 1. The molecule has 0 aliphatic carbocycles. The van der Waals surface area contributed by atoms with E-state index in [0.717, 1.165) is 6.42 Å². The lowest BCUT2D eigenvalue weighted by atomic mass is 10.1. The van der Waals surface area contributed by atoms with Crippen molar-refractivity contribution in [3.8, 4) is 0 Å². The van der Waals surface area contributed by atoms with Crippen LogP contribution in [0.3, 0.4) is 0 Å². The molecule has 0 saturated carbocycles. The number of aromatic carboxylic acids is 1. The summed E-state index contributed by atoms with van der Waals surface area (Å²) in [4.78, 5) is 25.6. The van der Waals surface area contributed by atoms with Crippen molar-refractivity contribution >= 4 is 23.2 Å². The van der Waals surface area contributed by atoms with E-state index < -0.39 is 5.97 Å². The second-order valence-electron chi connectivity index (χ2n) is 5.38. The first-order valence-electron chi connectivity index (χ1n) is 7.65. The molecule has 1 N–H and O–H groups in total. The molecule has 2 aromatic heterocycles. The highest BCUT2D eigenvalue weighted by molar-refractivity contribution is 7.07. The summed E-state index contributed by atoms with van der Waals surface area (Å²) in [6, 6.07) is 3.39. The number of carboxylic acids is 1. The topological polar surface area (TPSA) is 70.8 Å². The first-order chi connectivity index (χ1) is 11.0. The Morgan fingerprint density at radius 2 is 2.13 bits per heavy atom. The summed E-state index contributed by atoms with van der Waals surface area (Å²) in [5.74, 6) is -0.905. The monoisotopic (exact) mass is 335 g/mol. The van der Waals surface area contributed by atoms with Crippen molar-refractivity contribution in [2.75, 3.05) is 6.54 Å². The highest BCUT2D eigenvalue weighted by Crippen LogP contribution is 2.20. The number of furan rings is 1. The van der Waals surface area contributed by atoms with Crippen LogP contribution >= 0.6 is 11.3 Å². The van der Waals surface area contributed by atoms with E-state index in [1.54, 1.807) is 23.2 Å². The molecule has 0 aliphatic heterocycles. The molecule has 0 aromatic carbocycles. The average Bonchev–Trinajstić information content (AvgIpc) is 3.16. The van der Waals surface area contributed by atoms with Gasteiger partial charge in [0.05, 0.1) is 0 Å². The van der Waals surface area contributed by atoms with Crippen LogP contribution in [0.1, 0.15) is 53.0 Å². The normalized spacial score (nSPS) is 12.1. The van der Waals surface area contributed by atoms with Gasteiger partial charge in [-0.15, -0.1) is 0 Å². The maximum absolute atomic E-state index is 12.7. The third-order valence-corrected chi connectivity index (χ3v) is 4.55. The quantitative estimate of drug-likeness (QED) is 0.837. The molecule has 0 bridgehead atoms. The Morgan fingerprint density at radius 3 is 2.61 bits per heavy atom. The van der Waals surface area contributed by atoms with Crippen molar-refractivity contribution in [3.63, 3.8) is 0 Å². The van der Waals surface area contributed by atoms with Gasteiger partial charge in [-0.25, -0.2) is 4.79 Å². The van der Waals surface area contributed by atoms with E-state index in [2.05, 4.69) is 5.38 Å². The van der Waals surface area contributed by atoms with Crippen LogP contribution in [-0.2, 0) is 12.8 Å². The fourth-order valence-corrected chi connectivity index (χ4v) is 3.32. The lowest BCUT2D eigenvalue weighted by Crippen LogP contribution is -2.39. The lowest BCUT2D eigenvalue weighted by molar-refractivity contribution is 0.0665. The molecular formula is C17H21NO4S. The Hall–Kier alpha value is -2.08. The van der Waals surface area contributed by atoms with Gasteiger partial charge in [0.1, 0.15) is 11.3 Å². The van der Waals surface area contributed by atoms with Crippen molar-refractivity contribution in [3.05, 3.63) is 45.5 Å². The highest BCUT2D eigenvalue weighted by Gasteiger charge is 2.26. The number of carboxylic acid groups (broad SMARTS) is 1. The van der Waals surface area contributed by atoms with E-state index in [9.17, 15) is 14.7 Å². The zero-order chi connectivity index (χ0) is 17.0. The van der Waals surface area contributed by atoms with Crippen LogP contribution in [0, 0.1) is 0 Å². The summed E-state index contributed by atoms with van der Waals surface area (Å²) in [5.41, 5.74) is 1.26. The molecule has 5 nitrogen and oxygen atoms in total. The number of carbonyl (C=O) groups is 2. The van der Waals surface area contributed by atoms with E-state index in [1.165, 1.54) is 11.6 Å². The molecule has 0 fully saturated rings. The van der Waals surface area contributed by atoms with Crippen LogP contribution in [0.25, 0.3) is 0 Å². The minimum absolute atomic E-state index is 0.00514. The molecule has 1 amide bonds. The van der Waals surface area contributed by atoms with E-state index in [4.69, 9.17) is 4.42 Å². The first-order valence-corrected chi connectivity index (χ1v) is 8.60. The van der Waals surface area contributed by atoms with Gasteiger partial charge in [-0.2, -0.15) is 11.3 Å². The number of hydrogen-bond donors (Lipinski definition) is 1. The van der Waals surface area contributed by atoms with Crippen molar-refractivity contribution < 1.29 is 19.1 Å². The number of carbonyl (C=O) groups excluding carboxylic acids is 1. The second-order valence-corrected chi connectivity index (χ2v) is 6.16. The maximum Gasteiger partial charge on any atom is 0.339 e. The molecule has 23 heavy (non-hydrogen) atoms. The lowest BCUT2D eigenvalue weighted by Gasteiger charge is -2.27. The van der Waals surface area contributed by atoms with Gasteiger partial charge in [0.2, 0.25) is 0 Å². The number of hydrogen-bond acceptors (Lipinski definition) is 4. The Labute approximate surface area is 139 Å². The van der Waals surface area contributed by atoms with E-state index in [-0.39, 0.29) is 23.3 Å². The summed E-state index contributed by atoms with van der Waals surface area (Å²) in [6.45, 7) is 6.23. The maximum atomic E-state index is 12.7. The van der Waals surface area contributed by atoms with Gasteiger partial charge in [-0.3, -0.25) is 4.79 Å². The van der Waals surface area contributed by atoms with Crippen molar-refractivity contribution in [2.24, 2.45) is 0 Å². The molecule has 1 unspecified atom stereocenters.